The number of esters is 1. The van der Waals surface area contributed by atoms with E-state index >= 15 is 0 Å². The molecule has 1 aliphatic carbocycles. The molecule has 1 N–H and O–H groups in total. The van der Waals surface area contributed by atoms with Crippen molar-refractivity contribution < 1.29 is 24.2 Å². The zero-order chi connectivity index (χ0) is 16.3. The number of carboxylic acid groups (broad SMARTS) is 1. The second kappa shape index (κ2) is 6.30. The quantitative estimate of drug-likeness (QED) is 0.667. The molecule has 0 heterocycles. The third-order valence-corrected chi connectivity index (χ3v) is 4.49. The summed E-state index contributed by atoms with van der Waals surface area (Å²) < 4.78 is 4.70. The number of hydrogen-bond acceptors (Lipinski definition) is 4. The number of ketones is 1. The molecule has 0 amide bonds. The second-order valence-corrected chi connectivity index (χ2v) is 5.83. The molecule has 0 aromatic heterocycles. The highest BCUT2D eigenvalue weighted by molar-refractivity contribution is 6.04. The highest BCUT2D eigenvalue weighted by Crippen LogP contribution is 2.38. The zero-order valence-electron chi connectivity index (χ0n) is 12.8. The van der Waals surface area contributed by atoms with Crippen LogP contribution in [0.25, 0.3) is 0 Å². The highest BCUT2D eigenvalue weighted by Gasteiger charge is 2.48. The van der Waals surface area contributed by atoms with Crippen LogP contribution >= 0.6 is 0 Å². The number of carbonyl (C=O) groups is 3. The van der Waals surface area contributed by atoms with Crippen molar-refractivity contribution in [3.63, 3.8) is 0 Å². The molecule has 1 aromatic rings. The number of carbonyl (C=O) groups excluding carboxylic acids is 2. The van der Waals surface area contributed by atoms with Gasteiger partial charge in [0, 0.05) is 6.42 Å². The standard InChI is InChI=1S/C17H20O5/c1-11(15(19)22-2)13-7-5-12(6-8-13)10-17(16(20)21)9-3-4-14(17)18/h5-8,11H,3-4,9-10H2,1-2H3,(H,20,21). The first kappa shape index (κ1) is 16.2. The third-order valence-electron chi connectivity index (χ3n) is 4.49. The van der Waals surface area contributed by atoms with Gasteiger partial charge in [0.2, 0.25) is 0 Å². The first-order chi connectivity index (χ1) is 10.4. The Bertz CT molecular complexity index is 590. The van der Waals surface area contributed by atoms with Crippen molar-refractivity contribution in [2.75, 3.05) is 7.11 Å². The predicted octanol–water partition coefficient (Wildman–Crippen LogP) is 2.33. The van der Waals surface area contributed by atoms with E-state index < -0.39 is 11.4 Å². The Labute approximate surface area is 129 Å². The molecule has 118 valence electrons. The summed E-state index contributed by atoms with van der Waals surface area (Å²) in [6, 6.07) is 7.13. The van der Waals surface area contributed by atoms with Crippen molar-refractivity contribution in [2.24, 2.45) is 5.41 Å². The summed E-state index contributed by atoms with van der Waals surface area (Å²) in [5.74, 6) is -1.92. The maximum atomic E-state index is 12.0. The average molecular weight is 304 g/mol. The van der Waals surface area contributed by atoms with Gasteiger partial charge in [0.05, 0.1) is 13.0 Å². The number of aliphatic carboxylic acids is 1. The SMILES string of the molecule is COC(=O)C(C)c1ccc(CC2(C(=O)O)CCCC2=O)cc1. The fourth-order valence-electron chi connectivity index (χ4n) is 3.00. The van der Waals surface area contributed by atoms with Crippen LogP contribution in [0.5, 0.6) is 0 Å². The first-order valence-electron chi connectivity index (χ1n) is 7.34. The molecule has 2 unspecified atom stereocenters. The van der Waals surface area contributed by atoms with Gasteiger partial charge in [-0.1, -0.05) is 24.3 Å². The summed E-state index contributed by atoms with van der Waals surface area (Å²) in [5.41, 5.74) is 0.311. The number of rotatable bonds is 5. The smallest absolute Gasteiger partial charge is 0.317 e. The monoisotopic (exact) mass is 304 g/mol. The van der Waals surface area contributed by atoms with Gasteiger partial charge in [0.15, 0.2) is 5.78 Å². The number of hydrogen-bond donors (Lipinski definition) is 1. The maximum absolute atomic E-state index is 12.0. The van der Waals surface area contributed by atoms with Gasteiger partial charge in [-0.15, -0.1) is 0 Å². The van der Waals surface area contributed by atoms with Crippen molar-refractivity contribution in [1.29, 1.82) is 0 Å². The summed E-state index contributed by atoms with van der Waals surface area (Å²) in [6.07, 6.45) is 1.56. The molecule has 1 saturated carbocycles. The molecule has 1 aromatic carbocycles. The summed E-state index contributed by atoms with van der Waals surface area (Å²) in [7, 11) is 1.34. The summed E-state index contributed by atoms with van der Waals surface area (Å²) >= 11 is 0. The molecule has 2 rings (SSSR count). The van der Waals surface area contributed by atoms with Crippen LogP contribution in [-0.2, 0) is 25.5 Å². The number of Topliss-reactive ketones (excluding diaryl/α,β-unsaturated/α-hetero) is 1. The van der Waals surface area contributed by atoms with Crippen LogP contribution in [0, 0.1) is 5.41 Å². The molecule has 0 aliphatic heterocycles. The summed E-state index contributed by atoms with van der Waals surface area (Å²) in [4.78, 5) is 35.1. The minimum Gasteiger partial charge on any atom is -0.480 e. The van der Waals surface area contributed by atoms with Crippen molar-refractivity contribution >= 4 is 17.7 Å². The van der Waals surface area contributed by atoms with Crippen molar-refractivity contribution in [3.05, 3.63) is 35.4 Å². The van der Waals surface area contributed by atoms with Crippen LogP contribution in [0.3, 0.4) is 0 Å². The largest absolute Gasteiger partial charge is 0.480 e. The van der Waals surface area contributed by atoms with E-state index in [2.05, 4.69) is 0 Å². The number of carboxylic acids is 1. The van der Waals surface area contributed by atoms with E-state index in [1.807, 2.05) is 0 Å². The van der Waals surface area contributed by atoms with E-state index in [1.165, 1.54) is 7.11 Å². The van der Waals surface area contributed by atoms with Crippen LogP contribution in [-0.4, -0.2) is 29.9 Å². The van der Waals surface area contributed by atoms with E-state index in [0.29, 0.717) is 19.3 Å². The van der Waals surface area contributed by atoms with E-state index in [4.69, 9.17) is 4.74 Å². The van der Waals surface area contributed by atoms with Crippen LogP contribution in [0.15, 0.2) is 24.3 Å². The van der Waals surface area contributed by atoms with Crippen LogP contribution in [0.2, 0.25) is 0 Å². The van der Waals surface area contributed by atoms with Crippen LogP contribution in [0.4, 0.5) is 0 Å². The van der Waals surface area contributed by atoms with Crippen molar-refractivity contribution in [2.45, 2.75) is 38.5 Å². The van der Waals surface area contributed by atoms with E-state index in [1.54, 1.807) is 31.2 Å². The fourth-order valence-corrected chi connectivity index (χ4v) is 3.00. The minimum atomic E-state index is -1.28. The van der Waals surface area contributed by atoms with Gasteiger partial charge in [-0.3, -0.25) is 14.4 Å². The van der Waals surface area contributed by atoms with Crippen LogP contribution < -0.4 is 0 Å². The number of methoxy groups -OCH3 is 1. The van der Waals surface area contributed by atoms with Gasteiger partial charge in [0.1, 0.15) is 5.41 Å². The molecule has 1 fully saturated rings. The molecule has 22 heavy (non-hydrogen) atoms. The Kier molecular flexibility index (Phi) is 4.64. The lowest BCUT2D eigenvalue weighted by Gasteiger charge is -2.22. The predicted molar refractivity (Wildman–Crippen MR) is 79.5 cm³/mol. The van der Waals surface area contributed by atoms with Gasteiger partial charge >= 0.3 is 11.9 Å². The molecule has 5 nitrogen and oxygen atoms in total. The maximum Gasteiger partial charge on any atom is 0.317 e. The minimum absolute atomic E-state index is 0.188. The normalized spacial score (nSPS) is 22.4. The molecule has 2 atom stereocenters. The van der Waals surface area contributed by atoms with Crippen molar-refractivity contribution in [1.82, 2.24) is 0 Å². The fraction of sp³-hybridized carbons (Fsp3) is 0.471. The molecular weight excluding hydrogens is 284 g/mol. The second-order valence-electron chi connectivity index (χ2n) is 5.83. The average Bonchev–Trinajstić information content (AvgIpc) is 2.88. The molecule has 0 radical (unpaired) electrons. The van der Waals surface area contributed by atoms with E-state index in [0.717, 1.165) is 11.1 Å². The summed E-state index contributed by atoms with van der Waals surface area (Å²) in [5, 5.41) is 9.46. The topological polar surface area (TPSA) is 80.7 Å². The Balaban J connectivity index is 2.19. The molecule has 0 spiro atoms. The summed E-state index contributed by atoms with van der Waals surface area (Å²) in [6.45, 7) is 1.75. The van der Waals surface area contributed by atoms with Gasteiger partial charge in [-0.05, 0) is 37.3 Å². The Morgan fingerprint density at radius 1 is 1.32 bits per heavy atom. The number of ether oxygens (including phenoxy) is 1. The lowest BCUT2D eigenvalue weighted by atomic mass is 9.79. The van der Waals surface area contributed by atoms with Gasteiger partial charge in [0.25, 0.3) is 0 Å². The Hall–Kier alpha value is -2.17. The van der Waals surface area contributed by atoms with Crippen molar-refractivity contribution in [3.8, 4) is 0 Å². The van der Waals surface area contributed by atoms with Gasteiger partial charge < -0.3 is 9.84 Å². The molecule has 0 saturated heterocycles. The molecular formula is C17H20O5. The molecule has 1 aliphatic rings. The van der Waals surface area contributed by atoms with Crippen LogP contribution in [0.1, 0.15) is 43.2 Å². The van der Waals surface area contributed by atoms with E-state index in [9.17, 15) is 19.5 Å². The lowest BCUT2D eigenvalue weighted by Crippen LogP contribution is -2.37. The first-order valence-corrected chi connectivity index (χ1v) is 7.34. The Morgan fingerprint density at radius 3 is 2.41 bits per heavy atom. The zero-order valence-corrected chi connectivity index (χ0v) is 12.8. The number of benzene rings is 1. The van der Waals surface area contributed by atoms with Gasteiger partial charge in [-0.25, -0.2) is 0 Å². The molecule has 5 heteroatoms. The third kappa shape index (κ3) is 2.89. The van der Waals surface area contributed by atoms with E-state index in [-0.39, 0.29) is 24.1 Å². The Morgan fingerprint density at radius 2 is 1.95 bits per heavy atom. The highest BCUT2D eigenvalue weighted by atomic mass is 16.5. The van der Waals surface area contributed by atoms with Gasteiger partial charge in [-0.2, -0.15) is 0 Å². The lowest BCUT2D eigenvalue weighted by molar-refractivity contribution is -0.153. The molecule has 0 bridgehead atoms.